The molecule has 5 nitrogen and oxygen atoms in total. The van der Waals surface area contributed by atoms with Crippen molar-refractivity contribution in [2.24, 2.45) is 0 Å². The van der Waals surface area contributed by atoms with Gasteiger partial charge >= 0.3 is 0 Å². The molecule has 0 radical (unpaired) electrons. The first-order chi connectivity index (χ1) is 9.61. The standard InChI is InChI=1S/C14H20ClNO4S/c1-9(2)16-13(17)5-6-20-14-11(4)7-10(3)8-12(14)21(15,18)19/h7-9H,5-6H2,1-4H3,(H,16,17). The van der Waals surface area contributed by atoms with Crippen LogP contribution in [0.5, 0.6) is 5.75 Å². The van der Waals surface area contributed by atoms with Crippen molar-refractivity contribution >= 4 is 25.6 Å². The molecule has 1 amide bonds. The zero-order chi connectivity index (χ0) is 16.2. The number of hydrogen-bond donors (Lipinski definition) is 1. The Bertz CT molecular complexity index is 626. The van der Waals surface area contributed by atoms with Crippen molar-refractivity contribution in [1.82, 2.24) is 5.32 Å². The maximum atomic E-state index is 11.6. The van der Waals surface area contributed by atoms with Gasteiger partial charge in [-0.05, 0) is 44.9 Å². The van der Waals surface area contributed by atoms with Crippen molar-refractivity contribution in [2.75, 3.05) is 6.61 Å². The van der Waals surface area contributed by atoms with Gasteiger partial charge < -0.3 is 10.1 Å². The van der Waals surface area contributed by atoms with E-state index < -0.39 is 9.05 Å². The number of aryl methyl sites for hydroxylation is 2. The average molecular weight is 334 g/mol. The number of hydrogen-bond acceptors (Lipinski definition) is 4. The lowest BCUT2D eigenvalue weighted by molar-refractivity contribution is -0.122. The van der Waals surface area contributed by atoms with Crippen LogP contribution in [-0.4, -0.2) is 27.0 Å². The van der Waals surface area contributed by atoms with Crippen LogP contribution in [0.3, 0.4) is 0 Å². The van der Waals surface area contributed by atoms with Gasteiger partial charge in [0, 0.05) is 16.7 Å². The van der Waals surface area contributed by atoms with E-state index in [0.717, 1.165) is 5.56 Å². The summed E-state index contributed by atoms with van der Waals surface area (Å²) in [5.41, 5.74) is 1.44. The van der Waals surface area contributed by atoms with Gasteiger partial charge in [0.25, 0.3) is 9.05 Å². The Kier molecular flexibility index (Phi) is 6.04. The molecule has 1 aromatic carbocycles. The van der Waals surface area contributed by atoms with E-state index in [4.69, 9.17) is 15.4 Å². The van der Waals surface area contributed by atoms with E-state index in [1.807, 2.05) is 13.8 Å². The lowest BCUT2D eigenvalue weighted by Gasteiger charge is -2.14. The van der Waals surface area contributed by atoms with E-state index in [0.29, 0.717) is 5.56 Å². The van der Waals surface area contributed by atoms with Crippen molar-refractivity contribution < 1.29 is 17.9 Å². The minimum atomic E-state index is -3.90. The first-order valence-electron chi connectivity index (χ1n) is 6.59. The summed E-state index contributed by atoms with van der Waals surface area (Å²) in [6.45, 7) is 7.32. The number of carbonyl (C=O) groups is 1. The molecule has 7 heteroatoms. The van der Waals surface area contributed by atoms with Crippen LogP contribution in [-0.2, 0) is 13.8 Å². The van der Waals surface area contributed by atoms with Gasteiger partial charge in [-0.25, -0.2) is 8.42 Å². The third-order valence-corrected chi connectivity index (χ3v) is 4.00. The summed E-state index contributed by atoms with van der Waals surface area (Å²) in [5.74, 6) is 0.0537. The van der Waals surface area contributed by atoms with Crippen molar-refractivity contribution in [1.29, 1.82) is 0 Å². The van der Waals surface area contributed by atoms with Gasteiger partial charge in [-0.3, -0.25) is 4.79 Å². The Balaban J connectivity index is 2.87. The monoisotopic (exact) mass is 333 g/mol. The van der Waals surface area contributed by atoms with E-state index in [2.05, 4.69) is 5.32 Å². The fraction of sp³-hybridized carbons (Fsp3) is 0.500. The highest BCUT2D eigenvalue weighted by Crippen LogP contribution is 2.31. The Morgan fingerprint density at radius 3 is 2.48 bits per heavy atom. The molecule has 0 unspecified atom stereocenters. The Labute approximate surface area is 130 Å². The molecular formula is C14H20ClNO4S. The number of amides is 1. The first-order valence-corrected chi connectivity index (χ1v) is 8.90. The molecule has 0 saturated heterocycles. The summed E-state index contributed by atoms with van der Waals surface area (Å²) in [6, 6.07) is 3.31. The van der Waals surface area contributed by atoms with Crippen LogP contribution >= 0.6 is 10.7 Å². The number of rotatable bonds is 6. The van der Waals surface area contributed by atoms with Gasteiger partial charge in [0.05, 0.1) is 13.0 Å². The molecule has 0 heterocycles. The number of nitrogens with one attached hydrogen (secondary N) is 1. The maximum Gasteiger partial charge on any atom is 0.265 e. The van der Waals surface area contributed by atoms with E-state index in [-0.39, 0.29) is 35.6 Å². The second kappa shape index (κ2) is 7.13. The first kappa shape index (κ1) is 17.8. The molecule has 0 bridgehead atoms. The van der Waals surface area contributed by atoms with Gasteiger partial charge in [0.2, 0.25) is 5.91 Å². The van der Waals surface area contributed by atoms with Crippen molar-refractivity contribution in [3.05, 3.63) is 23.3 Å². The molecule has 1 aromatic rings. The van der Waals surface area contributed by atoms with E-state index >= 15 is 0 Å². The molecule has 0 aliphatic rings. The lowest BCUT2D eigenvalue weighted by Crippen LogP contribution is -2.31. The minimum absolute atomic E-state index is 0.0531. The van der Waals surface area contributed by atoms with E-state index in [9.17, 15) is 13.2 Å². The fourth-order valence-electron chi connectivity index (χ4n) is 1.92. The van der Waals surface area contributed by atoms with Crippen LogP contribution < -0.4 is 10.1 Å². The van der Waals surface area contributed by atoms with Crippen molar-refractivity contribution in [3.8, 4) is 5.75 Å². The van der Waals surface area contributed by atoms with E-state index in [1.165, 1.54) is 6.07 Å². The third-order valence-electron chi connectivity index (χ3n) is 2.67. The molecule has 1 rings (SSSR count). The van der Waals surface area contributed by atoms with Crippen LogP contribution in [0.4, 0.5) is 0 Å². The van der Waals surface area contributed by atoms with Crippen LogP contribution in [0.1, 0.15) is 31.4 Å². The summed E-state index contributed by atoms with van der Waals surface area (Å²) >= 11 is 0. The maximum absolute atomic E-state index is 11.6. The lowest BCUT2D eigenvalue weighted by atomic mass is 10.1. The second-order valence-corrected chi connectivity index (χ2v) is 7.70. The highest BCUT2D eigenvalue weighted by atomic mass is 35.7. The van der Waals surface area contributed by atoms with E-state index in [1.54, 1.807) is 19.9 Å². The van der Waals surface area contributed by atoms with Crippen molar-refractivity contribution in [3.63, 3.8) is 0 Å². The molecular weight excluding hydrogens is 314 g/mol. The molecule has 21 heavy (non-hydrogen) atoms. The molecule has 0 fully saturated rings. The molecule has 0 aliphatic carbocycles. The Morgan fingerprint density at radius 2 is 1.95 bits per heavy atom. The van der Waals surface area contributed by atoms with Crippen LogP contribution in [0, 0.1) is 13.8 Å². The zero-order valence-electron chi connectivity index (χ0n) is 12.6. The van der Waals surface area contributed by atoms with Gasteiger partial charge in [-0.1, -0.05) is 6.07 Å². The predicted molar refractivity (Wildman–Crippen MR) is 82.3 cm³/mol. The third kappa shape index (κ3) is 5.55. The van der Waals surface area contributed by atoms with Crippen LogP contribution in [0.15, 0.2) is 17.0 Å². The second-order valence-electron chi connectivity index (χ2n) is 5.17. The number of halogens is 1. The number of carbonyl (C=O) groups excluding carboxylic acids is 1. The molecule has 0 aromatic heterocycles. The van der Waals surface area contributed by atoms with Crippen LogP contribution in [0.2, 0.25) is 0 Å². The largest absolute Gasteiger partial charge is 0.491 e. The highest BCUT2D eigenvalue weighted by molar-refractivity contribution is 8.13. The summed E-state index contributed by atoms with van der Waals surface area (Å²) in [5, 5.41) is 2.73. The van der Waals surface area contributed by atoms with Gasteiger partial charge in [-0.2, -0.15) is 0 Å². The minimum Gasteiger partial charge on any atom is -0.491 e. The molecule has 118 valence electrons. The van der Waals surface area contributed by atoms with Gasteiger partial charge in [-0.15, -0.1) is 0 Å². The highest BCUT2D eigenvalue weighted by Gasteiger charge is 2.20. The molecule has 0 spiro atoms. The molecule has 0 saturated carbocycles. The Morgan fingerprint density at radius 1 is 1.33 bits per heavy atom. The summed E-state index contributed by atoms with van der Waals surface area (Å²) < 4.78 is 28.7. The number of ether oxygens (including phenoxy) is 1. The van der Waals surface area contributed by atoms with Gasteiger partial charge in [0.1, 0.15) is 10.6 Å². The normalized spacial score (nSPS) is 11.5. The quantitative estimate of drug-likeness (QED) is 0.812. The van der Waals surface area contributed by atoms with Crippen molar-refractivity contribution in [2.45, 2.75) is 45.1 Å². The molecule has 1 N–H and O–H groups in total. The van der Waals surface area contributed by atoms with Crippen LogP contribution in [0.25, 0.3) is 0 Å². The predicted octanol–water partition coefficient (Wildman–Crippen LogP) is 2.52. The molecule has 0 atom stereocenters. The topological polar surface area (TPSA) is 72.5 Å². The Hall–Kier alpha value is -1.27. The number of benzene rings is 1. The SMILES string of the molecule is Cc1cc(C)c(OCCC(=O)NC(C)C)c(S(=O)(=O)Cl)c1. The summed E-state index contributed by atoms with van der Waals surface area (Å²) in [7, 11) is 1.53. The molecule has 0 aliphatic heterocycles. The fourth-order valence-corrected chi connectivity index (χ4v) is 3.03. The average Bonchev–Trinajstić information content (AvgIpc) is 2.29. The van der Waals surface area contributed by atoms with Gasteiger partial charge in [0.15, 0.2) is 0 Å². The summed E-state index contributed by atoms with van der Waals surface area (Å²) in [4.78, 5) is 11.5. The zero-order valence-corrected chi connectivity index (χ0v) is 14.1. The smallest absolute Gasteiger partial charge is 0.265 e. The summed E-state index contributed by atoms with van der Waals surface area (Å²) in [6.07, 6.45) is 0.146.